The van der Waals surface area contributed by atoms with Gasteiger partial charge in [-0.2, -0.15) is 0 Å². The van der Waals surface area contributed by atoms with Crippen molar-refractivity contribution >= 4 is 27.4 Å². The van der Waals surface area contributed by atoms with E-state index in [2.05, 4.69) is 9.71 Å². The quantitative estimate of drug-likeness (QED) is 0.903. The minimum absolute atomic E-state index is 0.0405. The summed E-state index contributed by atoms with van der Waals surface area (Å²) in [5, 5.41) is 0.0405. The maximum atomic E-state index is 13.4. The number of rotatable bonds is 4. The number of benzene rings is 1. The third-order valence-electron chi connectivity index (χ3n) is 2.57. The van der Waals surface area contributed by atoms with Crippen LogP contribution in [0, 0.1) is 5.82 Å². The number of nitrogens with two attached hydrogens (primary N) is 1. The van der Waals surface area contributed by atoms with Gasteiger partial charge in [-0.05, 0) is 12.1 Å². The Balaban J connectivity index is 2.19. The Labute approximate surface area is 120 Å². The van der Waals surface area contributed by atoms with Gasteiger partial charge in [0.2, 0.25) is 10.0 Å². The monoisotopic (exact) mass is 315 g/mol. The Morgan fingerprint density at radius 2 is 2.05 bits per heavy atom. The molecule has 0 saturated heterocycles. The SMILES string of the molecule is Nc1ncc(S(=O)(=O)NCc2ccccc2F)cc1Cl. The molecule has 0 fully saturated rings. The lowest BCUT2D eigenvalue weighted by Gasteiger charge is -2.08. The molecule has 0 unspecified atom stereocenters. The summed E-state index contributed by atoms with van der Waals surface area (Å²) >= 11 is 5.72. The molecule has 0 saturated carbocycles. The van der Waals surface area contributed by atoms with Gasteiger partial charge in [0.1, 0.15) is 16.5 Å². The van der Waals surface area contributed by atoms with Crippen molar-refractivity contribution in [3.63, 3.8) is 0 Å². The van der Waals surface area contributed by atoms with Crippen molar-refractivity contribution in [2.45, 2.75) is 11.4 Å². The first-order valence-electron chi connectivity index (χ1n) is 5.54. The lowest BCUT2D eigenvalue weighted by molar-refractivity contribution is 0.574. The van der Waals surface area contributed by atoms with Gasteiger partial charge in [0, 0.05) is 18.3 Å². The number of hydrogen-bond acceptors (Lipinski definition) is 4. The van der Waals surface area contributed by atoms with Crippen molar-refractivity contribution in [3.8, 4) is 0 Å². The average Bonchev–Trinajstić information content (AvgIpc) is 2.41. The second-order valence-electron chi connectivity index (χ2n) is 3.95. The molecular formula is C12H11ClFN3O2S. The number of nitrogen functional groups attached to an aromatic ring is 1. The highest BCUT2D eigenvalue weighted by molar-refractivity contribution is 7.89. The van der Waals surface area contributed by atoms with Crippen molar-refractivity contribution in [1.82, 2.24) is 9.71 Å². The number of pyridine rings is 1. The molecule has 1 aromatic heterocycles. The van der Waals surface area contributed by atoms with E-state index in [1.165, 1.54) is 24.3 Å². The average molecular weight is 316 g/mol. The second kappa shape index (κ2) is 5.74. The van der Waals surface area contributed by atoms with E-state index in [0.29, 0.717) is 0 Å². The Morgan fingerprint density at radius 1 is 1.35 bits per heavy atom. The van der Waals surface area contributed by atoms with Crippen LogP contribution in [0.15, 0.2) is 41.4 Å². The van der Waals surface area contributed by atoms with Crippen molar-refractivity contribution in [3.05, 3.63) is 52.9 Å². The first-order valence-corrected chi connectivity index (χ1v) is 7.40. The molecule has 0 spiro atoms. The van der Waals surface area contributed by atoms with Crippen LogP contribution in [0.5, 0.6) is 0 Å². The molecule has 5 nitrogen and oxygen atoms in total. The van der Waals surface area contributed by atoms with Crippen molar-refractivity contribution < 1.29 is 12.8 Å². The van der Waals surface area contributed by atoms with Crippen LogP contribution in [0.25, 0.3) is 0 Å². The molecule has 0 atom stereocenters. The molecule has 2 rings (SSSR count). The summed E-state index contributed by atoms with van der Waals surface area (Å²) in [5.74, 6) is -0.441. The summed E-state index contributed by atoms with van der Waals surface area (Å²) in [6.07, 6.45) is 1.09. The van der Waals surface area contributed by atoms with Gasteiger partial charge < -0.3 is 5.73 Å². The zero-order chi connectivity index (χ0) is 14.8. The molecular weight excluding hydrogens is 305 g/mol. The van der Waals surface area contributed by atoms with E-state index in [-0.39, 0.29) is 27.8 Å². The molecule has 1 aromatic carbocycles. The van der Waals surface area contributed by atoms with Gasteiger partial charge in [0.25, 0.3) is 0 Å². The van der Waals surface area contributed by atoms with E-state index in [9.17, 15) is 12.8 Å². The largest absolute Gasteiger partial charge is 0.382 e. The maximum absolute atomic E-state index is 13.4. The van der Waals surface area contributed by atoms with Crippen molar-refractivity contribution in [2.24, 2.45) is 0 Å². The zero-order valence-corrected chi connectivity index (χ0v) is 11.7. The summed E-state index contributed by atoms with van der Waals surface area (Å²) in [6.45, 7) is -0.170. The summed E-state index contributed by atoms with van der Waals surface area (Å²) in [4.78, 5) is 3.54. The molecule has 0 aliphatic heterocycles. The fourth-order valence-electron chi connectivity index (χ4n) is 1.48. The highest BCUT2D eigenvalue weighted by Gasteiger charge is 2.16. The molecule has 20 heavy (non-hydrogen) atoms. The summed E-state index contributed by atoms with van der Waals surface area (Å²) in [6, 6.07) is 7.08. The van der Waals surface area contributed by atoms with Crippen molar-refractivity contribution in [2.75, 3.05) is 5.73 Å². The number of nitrogens with one attached hydrogen (secondary N) is 1. The Hall–Kier alpha value is -1.70. The predicted octanol–water partition coefficient (Wildman–Crippen LogP) is 1.93. The first kappa shape index (κ1) is 14.7. The number of aromatic nitrogens is 1. The Morgan fingerprint density at radius 3 is 2.70 bits per heavy atom. The molecule has 106 valence electrons. The Kier molecular flexibility index (Phi) is 4.22. The first-order chi connectivity index (χ1) is 9.40. The molecule has 0 aliphatic carbocycles. The van der Waals surface area contributed by atoms with Crippen LogP contribution in [-0.2, 0) is 16.6 Å². The highest BCUT2D eigenvalue weighted by atomic mass is 35.5. The predicted molar refractivity (Wildman–Crippen MR) is 74.1 cm³/mol. The van der Waals surface area contributed by atoms with Gasteiger partial charge in [-0.1, -0.05) is 29.8 Å². The third-order valence-corrected chi connectivity index (χ3v) is 4.24. The summed E-state index contributed by atoms with van der Waals surface area (Å²) in [7, 11) is -3.83. The molecule has 0 bridgehead atoms. The molecule has 3 N–H and O–H groups in total. The van der Waals surface area contributed by atoms with Crippen LogP contribution in [0.2, 0.25) is 5.02 Å². The van der Waals surface area contributed by atoms with Gasteiger partial charge in [-0.15, -0.1) is 0 Å². The number of nitrogens with zero attached hydrogens (tertiary/aromatic N) is 1. The number of sulfonamides is 1. The zero-order valence-electron chi connectivity index (χ0n) is 10.2. The van der Waals surface area contributed by atoms with E-state index in [4.69, 9.17) is 17.3 Å². The normalized spacial score (nSPS) is 11.5. The Bertz CT molecular complexity index is 737. The molecule has 8 heteroatoms. The second-order valence-corrected chi connectivity index (χ2v) is 6.13. The minimum Gasteiger partial charge on any atom is -0.382 e. The number of halogens is 2. The molecule has 0 radical (unpaired) electrons. The fourth-order valence-corrected chi connectivity index (χ4v) is 2.68. The smallest absolute Gasteiger partial charge is 0.242 e. The van der Waals surface area contributed by atoms with Gasteiger partial charge in [0.05, 0.1) is 5.02 Å². The van der Waals surface area contributed by atoms with Crippen LogP contribution < -0.4 is 10.5 Å². The number of anilines is 1. The molecule has 2 aromatic rings. The van der Waals surface area contributed by atoms with Crippen LogP contribution in [-0.4, -0.2) is 13.4 Å². The van der Waals surface area contributed by atoms with E-state index in [0.717, 1.165) is 6.20 Å². The van der Waals surface area contributed by atoms with E-state index in [1.807, 2.05) is 0 Å². The van der Waals surface area contributed by atoms with Crippen molar-refractivity contribution in [1.29, 1.82) is 0 Å². The molecule has 0 aliphatic rings. The van der Waals surface area contributed by atoms with Crippen LogP contribution >= 0.6 is 11.6 Å². The number of hydrogen-bond donors (Lipinski definition) is 2. The van der Waals surface area contributed by atoms with E-state index in [1.54, 1.807) is 6.07 Å². The van der Waals surface area contributed by atoms with Gasteiger partial charge in [-0.3, -0.25) is 0 Å². The lowest BCUT2D eigenvalue weighted by Crippen LogP contribution is -2.24. The van der Waals surface area contributed by atoms with Gasteiger partial charge >= 0.3 is 0 Å². The summed E-state index contributed by atoms with van der Waals surface area (Å²) < 4.78 is 39.7. The fraction of sp³-hybridized carbons (Fsp3) is 0.0833. The van der Waals surface area contributed by atoms with E-state index < -0.39 is 15.8 Å². The maximum Gasteiger partial charge on any atom is 0.242 e. The highest BCUT2D eigenvalue weighted by Crippen LogP contribution is 2.20. The van der Waals surface area contributed by atoms with E-state index >= 15 is 0 Å². The summed E-state index contributed by atoms with van der Waals surface area (Å²) in [5.41, 5.74) is 5.65. The molecule has 1 heterocycles. The minimum atomic E-state index is -3.83. The standard InChI is InChI=1S/C12H11ClFN3O2S/c13-10-5-9(7-16-12(10)15)20(18,19)17-6-8-3-1-2-4-11(8)14/h1-5,7,17H,6H2,(H2,15,16). The van der Waals surface area contributed by atoms with Crippen LogP contribution in [0.4, 0.5) is 10.2 Å². The van der Waals surface area contributed by atoms with Gasteiger partial charge in [-0.25, -0.2) is 22.5 Å². The van der Waals surface area contributed by atoms with Crippen LogP contribution in [0.3, 0.4) is 0 Å². The molecule has 0 amide bonds. The van der Waals surface area contributed by atoms with Gasteiger partial charge in [0.15, 0.2) is 0 Å². The lowest BCUT2D eigenvalue weighted by atomic mass is 10.2. The third kappa shape index (κ3) is 3.24. The topological polar surface area (TPSA) is 85.1 Å². The van der Waals surface area contributed by atoms with Crippen LogP contribution in [0.1, 0.15) is 5.56 Å².